The zero-order chi connectivity index (χ0) is 15.5. The molecule has 4 unspecified atom stereocenters. The highest BCUT2D eigenvalue weighted by atomic mass is 16.5. The number of fused-ring (bicyclic) bond motifs is 1. The lowest BCUT2D eigenvalue weighted by Crippen LogP contribution is -2.37. The van der Waals surface area contributed by atoms with Gasteiger partial charge in [-0.25, -0.2) is 4.79 Å². The lowest BCUT2D eigenvalue weighted by atomic mass is 9.62. The van der Waals surface area contributed by atoms with E-state index < -0.39 is 0 Å². The quantitative estimate of drug-likeness (QED) is 0.534. The molecule has 3 fully saturated rings. The lowest BCUT2D eigenvalue weighted by Gasteiger charge is -2.45. The van der Waals surface area contributed by atoms with Crippen LogP contribution in [0.3, 0.4) is 0 Å². The molecule has 0 aliphatic heterocycles. The molecule has 0 aromatic carbocycles. The SMILES string of the molecule is C=CC(=O)OC1CCC2CC(C3CCC(C)CC3)CCC2C1. The summed E-state index contributed by atoms with van der Waals surface area (Å²) in [5.74, 6) is 4.41. The van der Waals surface area contributed by atoms with E-state index in [9.17, 15) is 4.79 Å². The van der Waals surface area contributed by atoms with Crippen LogP contribution in [-0.4, -0.2) is 12.1 Å². The molecule has 3 saturated carbocycles. The molecule has 0 radical (unpaired) electrons. The molecule has 3 aliphatic rings. The molecule has 0 N–H and O–H groups in total. The highest BCUT2D eigenvalue weighted by Crippen LogP contribution is 2.48. The number of ether oxygens (including phenoxy) is 1. The first-order valence-corrected chi connectivity index (χ1v) is 9.48. The minimum absolute atomic E-state index is 0.152. The molecule has 0 heterocycles. The summed E-state index contributed by atoms with van der Waals surface area (Å²) < 4.78 is 5.49. The molecule has 4 atom stereocenters. The maximum atomic E-state index is 11.4. The Balaban J connectivity index is 1.49. The summed E-state index contributed by atoms with van der Waals surface area (Å²) in [6.45, 7) is 5.92. The first-order valence-electron chi connectivity index (χ1n) is 9.48. The molecule has 124 valence electrons. The molecule has 3 rings (SSSR count). The Morgan fingerprint density at radius 2 is 1.41 bits per heavy atom. The van der Waals surface area contributed by atoms with Gasteiger partial charge in [0, 0.05) is 6.08 Å². The molecule has 0 bridgehead atoms. The second-order valence-corrected chi connectivity index (χ2v) is 8.19. The van der Waals surface area contributed by atoms with Crippen LogP contribution in [0.25, 0.3) is 0 Å². The number of carbonyl (C=O) groups excluding carboxylic acids is 1. The van der Waals surface area contributed by atoms with Crippen LogP contribution in [0.5, 0.6) is 0 Å². The smallest absolute Gasteiger partial charge is 0.330 e. The Morgan fingerprint density at radius 1 is 0.864 bits per heavy atom. The predicted molar refractivity (Wildman–Crippen MR) is 89.4 cm³/mol. The zero-order valence-corrected chi connectivity index (χ0v) is 14.1. The molecular formula is C20H32O2. The van der Waals surface area contributed by atoms with Crippen molar-refractivity contribution < 1.29 is 9.53 Å². The van der Waals surface area contributed by atoms with Crippen molar-refractivity contribution in [3.05, 3.63) is 12.7 Å². The lowest BCUT2D eigenvalue weighted by molar-refractivity contribution is -0.146. The zero-order valence-electron chi connectivity index (χ0n) is 14.1. The fraction of sp³-hybridized carbons (Fsp3) is 0.850. The number of carbonyl (C=O) groups is 1. The number of esters is 1. The minimum atomic E-state index is -0.242. The van der Waals surface area contributed by atoms with Crippen molar-refractivity contribution in [1.29, 1.82) is 0 Å². The number of hydrogen-bond acceptors (Lipinski definition) is 2. The first-order chi connectivity index (χ1) is 10.7. The van der Waals surface area contributed by atoms with Crippen LogP contribution in [0, 0.1) is 29.6 Å². The molecule has 22 heavy (non-hydrogen) atoms. The van der Waals surface area contributed by atoms with E-state index in [1.807, 2.05) is 0 Å². The predicted octanol–water partition coefficient (Wildman–Crippen LogP) is 5.13. The maximum absolute atomic E-state index is 11.4. The molecule has 2 heteroatoms. The van der Waals surface area contributed by atoms with E-state index in [0.29, 0.717) is 0 Å². The van der Waals surface area contributed by atoms with Crippen LogP contribution in [0.2, 0.25) is 0 Å². The van der Waals surface area contributed by atoms with Gasteiger partial charge in [0.1, 0.15) is 6.10 Å². The topological polar surface area (TPSA) is 26.3 Å². The largest absolute Gasteiger partial charge is 0.459 e. The number of hydrogen-bond donors (Lipinski definition) is 0. The normalized spacial score (nSPS) is 42.2. The van der Waals surface area contributed by atoms with Crippen LogP contribution >= 0.6 is 0 Å². The van der Waals surface area contributed by atoms with Gasteiger partial charge in [-0.1, -0.05) is 26.3 Å². The summed E-state index contributed by atoms with van der Waals surface area (Å²) in [7, 11) is 0. The van der Waals surface area contributed by atoms with Crippen molar-refractivity contribution in [3.8, 4) is 0 Å². The molecule has 3 aliphatic carbocycles. The molecule has 0 amide bonds. The molecule has 0 aromatic heterocycles. The molecule has 0 spiro atoms. The third-order valence-electron chi connectivity index (χ3n) is 6.78. The minimum Gasteiger partial charge on any atom is -0.459 e. The van der Waals surface area contributed by atoms with E-state index in [2.05, 4.69) is 13.5 Å². The third-order valence-corrected chi connectivity index (χ3v) is 6.78. The number of rotatable bonds is 3. The Hall–Kier alpha value is -0.790. The summed E-state index contributed by atoms with van der Waals surface area (Å²) >= 11 is 0. The second kappa shape index (κ2) is 7.19. The summed E-state index contributed by atoms with van der Waals surface area (Å²) in [6, 6.07) is 0. The Bertz CT molecular complexity index is 395. The van der Waals surface area contributed by atoms with E-state index in [1.54, 1.807) is 0 Å². The summed E-state index contributed by atoms with van der Waals surface area (Å²) in [5.41, 5.74) is 0. The Labute approximate surface area is 135 Å². The molecular weight excluding hydrogens is 272 g/mol. The monoisotopic (exact) mass is 304 g/mol. The fourth-order valence-corrected chi connectivity index (χ4v) is 5.39. The maximum Gasteiger partial charge on any atom is 0.330 e. The van der Waals surface area contributed by atoms with Gasteiger partial charge in [0.15, 0.2) is 0 Å². The second-order valence-electron chi connectivity index (χ2n) is 8.19. The van der Waals surface area contributed by atoms with Gasteiger partial charge in [-0.05, 0) is 81.0 Å². The van der Waals surface area contributed by atoms with Gasteiger partial charge in [-0.3, -0.25) is 0 Å². The fourth-order valence-electron chi connectivity index (χ4n) is 5.39. The van der Waals surface area contributed by atoms with Crippen molar-refractivity contribution in [2.75, 3.05) is 0 Å². The molecule has 2 nitrogen and oxygen atoms in total. The van der Waals surface area contributed by atoms with Crippen molar-refractivity contribution in [2.24, 2.45) is 29.6 Å². The van der Waals surface area contributed by atoms with Gasteiger partial charge in [0.25, 0.3) is 0 Å². The van der Waals surface area contributed by atoms with Crippen LogP contribution < -0.4 is 0 Å². The highest BCUT2D eigenvalue weighted by Gasteiger charge is 2.39. The van der Waals surface area contributed by atoms with Gasteiger partial charge >= 0.3 is 5.97 Å². The molecule has 0 saturated heterocycles. The first kappa shape index (κ1) is 16.1. The highest BCUT2D eigenvalue weighted by molar-refractivity contribution is 5.81. The van der Waals surface area contributed by atoms with Crippen LogP contribution in [0.4, 0.5) is 0 Å². The van der Waals surface area contributed by atoms with Gasteiger partial charge in [-0.15, -0.1) is 0 Å². The van der Waals surface area contributed by atoms with Crippen molar-refractivity contribution in [3.63, 3.8) is 0 Å². The van der Waals surface area contributed by atoms with E-state index in [0.717, 1.165) is 42.4 Å². The van der Waals surface area contributed by atoms with Gasteiger partial charge < -0.3 is 4.74 Å². The third kappa shape index (κ3) is 3.75. The van der Waals surface area contributed by atoms with Crippen molar-refractivity contribution in [2.45, 2.75) is 77.2 Å². The van der Waals surface area contributed by atoms with E-state index >= 15 is 0 Å². The van der Waals surface area contributed by atoms with Crippen molar-refractivity contribution >= 4 is 5.97 Å². The van der Waals surface area contributed by atoms with E-state index in [4.69, 9.17) is 4.74 Å². The summed E-state index contributed by atoms with van der Waals surface area (Å²) in [5, 5.41) is 0. The summed E-state index contributed by atoms with van der Waals surface area (Å²) in [4.78, 5) is 11.4. The Morgan fingerprint density at radius 3 is 2.09 bits per heavy atom. The average molecular weight is 304 g/mol. The van der Waals surface area contributed by atoms with Crippen LogP contribution in [-0.2, 0) is 9.53 Å². The van der Waals surface area contributed by atoms with Crippen LogP contribution in [0.1, 0.15) is 71.1 Å². The Kier molecular flexibility index (Phi) is 5.25. The van der Waals surface area contributed by atoms with E-state index in [-0.39, 0.29) is 12.1 Å². The standard InChI is InChI=1S/C20H32O2/c1-3-20(21)22-19-11-10-17-12-16(8-9-18(17)13-19)15-6-4-14(2)5-7-15/h3,14-19H,1,4-13H2,2H3. The van der Waals surface area contributed by atoms with Crippen LogP contribution in [0.15, 0.2) is 12.7 Å². The molecule has 0 aromatic rings. The van der Waals surface area contributed by atoms with E-state index in [1.165, 1.54) is 57.4 Å². The van der Waals surface area contributed by atoms with Crippen molar-refractivity contribution in [1.82, 2.24) is 0 Å². The summed E-state index contributed by atoms with van der Waals surface area (Å²) in [6.07, 6.45) is 15.0. The average Bonchev–Trinajstić information content (AvgIpc) is 2.55. The van der Waals surface area contributed by atoms with Gasteiger partial charge in [0.05, 0.1) is 0 Å². The van der Waals surface area contributed by atoms with Gasteiger partial charge in [0.2, 0.25) is 0 Å². The van der Waals surface area contributed by atoms with Gasteiger partial charge in [-0.2, -0.15) is 0 Å².